The van der Waals surface area contributed by atoms with Crippen LogP contribution in [0.5, 0.6) is 0 Å². The van der Waals surface area contributed by atoms with Crippen molar-refractivity contribution < 1.29 is 4.79 Å². The monoisotopic (exact) mass is 255 g/mol. The van der Waals surface area contributed by atoms with Crippen molar-refractivity contribution in [3.63, 3.8) is 0 Å². The number of terminal acetylenes is 1. The lowest BCUT2D eigenvalue weighted by molar-refractivity contribution is 0.0941. The molecule has 16 heavy (non-hydrogen) atoms. The first-order valence-corrected chi connectivity index (χ1v) is 5.49. The Bertz CT molecular complexity index is 437. The van der Waals surface area contributed by atoms with Crippen molar-refractivity contribution in [1.29, 1.82) is 0 Å². The van der Waals surface area contributed by atoms with Crippen LogP contribution in [0, 0.1) is 12.3 Å². The summed E-state index contributed by atoms with van der Waals surface area (Å²) in [6, 6.07) is 4.66. The molecule has 4 heteroatoms. The molecule has 1 N–H and O–H groups in total. The van der Waals surface area contributed by atoms with Crippen LogP contribution in [0.3, 0.4) is 0 Å². The second-order valence-corrected chi connectivity index (χ2v) is 4.25. The lowest BCUT2D eigenvalue weighted by atomic mass is 10.2. The van der Waals surface area contributed by atoms with Crippen LogP contribution >= 0.6 is 23.2 Å². The van der Waals surface area contributed by atoms with Crippen molar-refractivity contribution in [3.8, 4) is 12.3 Å². The third kappa shape index (κ3) is 3.44. The second kappa shape index (κ2) is 5.79. The smallest absolute Gasteiger partial charge is 0.253 e. The van der Waals surface area contributed by atoms with E-state index in [1.165, 1.54) is 6.07 Å². The molecule has 1 rings (SSSR count). The Morgan fingerprint density at radius 3 is 2.88 bits per heavy atom. The molecule has 1 aromatic carbocycles. The summed E-state index contributed by atoms with van der Waals surface area (Å²) in [5, 5.41) is 3.58. The fourth-order valence-corrected chi connectivity index (χ4v) is 1.58. The zero-order chi connectivity index (χ0) is 12.1. The van der Waals surface area contributed by atoms with Crippen LogP contribution in [0.4, 0.5) is 0 Å². The number of halogens is 2. The van der Waals surface area contributed by atoms with Crippen LogP contribution in [0.2, 0.25) is 10.0 Å². The van der Waals surface area contributed by atoms with Gasteiger partial charge in [0.1, 0.15) is 0 Å². The topological polar surface area (TPSA) is 29.1 Å². The van der Waals surface area contributed by atoms with Crippen molar-refractivity contribution in [2.75, 3.05) is 0 Å². The highest BCUT2D eigenvalue weighted by Crippen LogP contribution is 2.20. The van der Waals surface area contributed by atoms with Gasteiger partial charge < -0.3 is 5.32 Å². The third-order valence-electron chi connectivity index (χ3n) is 1.97. The van der Waals surface area contributed by atoms with Crippen LogP contribution in [-0.2, 0) is 0 Å². The van der Waals surface area contributed by atoms with Gasteiger partial charge in [-0.3, -0.25) is 4.79 Å². The second-order valence-electron chi connectivity index (χ2n) is 3.41. The zero-order valence-corrected chi connectivity index (χ0v) is 10.3. The fourth-order valence-electron chi connectivity index (χ4n) is 1.20. The molecular weight excluding hydrogens is 245 g/mol. The molecule has 0 fully saturated rings. The number of hydrogen-bond acceptors (Lipinski definition) is 1. The minimum atomic E-state index is -0.268. The molecule has 1 atom stereocenters. The molecule has 0 saturated heterocycles. The molecule has 1 aromatic rings. The lowest BCUT2D eigenvalue weighted by Crippen LogP contribution is -2.32. The Kier molecular flexibility index (Phi) is 4.67. The number of carbonyl (C=O) groups is 1. The summed E-state index contributed by atoms with van der Waals surface area (Å²) in [4.78, 5) is 11.8. The van der Waals surface area contributed by atoms with Crippen molar-refractivity contribution >= 4 is 29.1 Å². The molecule has 84 valence electrons. The minimum absolute atomic E-state index is 0.0902. The molecular formula is C12H11Cl2NO. The van der Waals surface area contributed by atoms with E-state index in [1.807, 2.05) is 6.92 Å². The van der Waals surface area contributed by atoms with E-state index in [4.69, 9.17) is 29.6 Å². The highest BCUT2D eigenvalue weighted by atomic mass is 35.5. The van der Waals surface area contributed by atoms with Gasteiger partial charge in [0.05, 0.1) is 10.6 Å². The Labute approximate surface area is 105 Å². The van der Waals surface area contributed by atoms with Gasteiger partial charge in [-0.15, -0.1) is 12.3 Å². The van der Waals surface area contributed by atoms with E-state index in [9.17, 15) is 4.79 Å². The summed E-state index contributed by atoms with van der Waals surface area (Å²) < 4.78 is 0. The molecule has 2 nitrogen and oxygen atoms in total. The summed E-state index contributed by atoms with van der Waals surface area (Å²) in [5.41, 5.74) is 0.359. The quantitative estimate of drug-likeness (QED) is 0.827. The molecule has 0 aliphatic heterocycles. The number of hydrogen-bond donors (Lipinski definition) is 1. The average molecular weight is 256 g/mol. The van der Waals surface area contributed by atoms with Crippen molar-refractivity contribution in [2.45, 2.75) is 19.4 Å². The van der Waals surface area contributed by atoms with E-state index >= 15 is 0 Å². The molecule has 0 bridgehead atoms. The summed E-state index contributed by atoms with van der Waals surface area (Å²) in [6.07, 6.45) is 5.63. The van der Waals surface area contributed by atoms with Gasteiger partial charge in [-0.05, 0) is 25.1 Å². The summed E-state index contributed by atoms with van der Waals surface area (Å²) in [6.45, 7) is 1.83. The molecule has 1 unspecified atom stereocenters. The SMILES string of the molecule is C#CCC(C)NC(=O)c1cc(Cl)ccc1Cl. The largest absolute Gasteiger partial charge is 0.349 e. The van der Waals surface area contributed by atoms with Crippen LogP contribution in [0.25, 0.3) is 0 Å². The van der Waals surface area contributed by atoms with Gasteiger partial charge in [0.2, 0.25) is 0 Å². The first-order valence-electron chi connectivity index (χ1n) is 4.74. The third-order valence-corrected chi connectivity index (χ3v) is 2.54. The van der Waals surface area contributed by atoms with Crippen molar-refractivity contribution in [2.24, 2.45) is 0 Å². The molecule has 0 aliphatic carbocycles. The van der Waals surface area contributed by atoms with E-state index in [1.54, 1.807) is 12.1 Å². The van der Waals surface area contributed by atoms with Gasteiger partial charge in [0.15, 0.2) is 0 Å². The number of amides is 1. The van der Waals surface area contributed by atoms with E-state index in [0.29, 0.717) is 22.0 Å². The molecule has 1 amide bonds. The average Bonchev–Trinajstić information content (AvgIpc) is 2.21. The van der Waals surface area contributed by atoms with Crippen molar-refractivity contribution in [1.82, 2.24) is 5.32 Å². The minimum Gasteiger partial charge on any atom is -0.349 e. The van der Waals surface area contributed by atoms with Crippen molar-refractivity contribution in [3.05, 3.63) is 33.8 Å². The maximum atomic E-state index is 11.8. The number of carbonyl (C=O) groups excluding carboxylic acids is 1. The number of benzene rings is 1. The zero-order valence-electron chi connectivity index (χ0n) is 8.76. The maximum Gasteiger partial charge on any atom is 0.253 e. The van der Waals surface area contributed by atoms with Gasteiger partial charge in [-0.1, -0.05) is 23.2 Å². The number of rotatable bonds is 3. The summed E-state index contributed by atoms with van der Waals surface area (Å²) >= 11 is 11.7. The Morgan fingerprint density at radius 2 is 2.25 bits per heavy atom. The van der Waals surface area contributed by atoms with Gasteiger partial charge in [0, 0.05) is 17.5 Å². The molecule has 0 spiro atoms. The molecule has 0 aliphatic rings. The van der Waals surface area contributed by atoms with E-state index < -0.39 is 0 Å². The van der Waals surface area contributed by atoms with E-state index in [0.717, 1.165) is 0 Å². The van der Waals surface area contributed by atoms with Crippen LogP contribution in [0.1, 0.15) is 23.7 Å². The van der Waals surface area contributed by atoms with Gasteiger partial charge >= 0.3 is 0 Å². The predicted molar refractivity (Wildman–Crippen MR) is 66.8 cm³/mol. The summed E-state index contributed by atoms with van der Waals surface area (Å²) in [7, 11) is 0. The molecule has 0 radical (unpaired) electrons. The van der Waals surface area contributed by atoms with E-state index in [2.05, 4.69) is 11.2 Å². The van der Waals surface area contributed by atoms with Crippen LogP contribution < -0.4 is 5.32 Å². The Hall–Kier alpha value is -1.17. The maximum absolute atomic E-state index is 11.8. The Balaban J connectivity index is 2.81. The Morgan fingerprint density at radius 1 is 1.56 bits per heavy atom. The predicted octanol–water partition coefficient (Wildman–Crippen LogP) is 3.14. The van der Waals surface area contributed by atoms with Crippen LogP contribution in [-0.4, -0.2) is 11.9 Å². The fraction of sp³-hybridized carbons (Fsp3) is 0.250. The number of nitrogens with one attached hydrogen (secondary N) is 1. The van der Waals surface area contributed by atoms with Crippen LogP contribution in [0.15, 0.2) is 18.2 Å². The summed E-state index contributed by atoms with van der Waals surface area (Å²) in [5.74, 6) is 2.21. The lowest BCUT2D eigenvalue weighted by Gasteiger charge is -2.11. The van der Waals surface area contributed by atoms with E-state index in [-0.39, 0.29) is 11.9 Å². The van der Waals surface area contributed by atoms with Gasteiger partial charge in [-0.2, -0.15) is 0 Å². The molecule has 0 heterocycles. The van der Waals surface area contributed by atoms with Gasteiger partial charge in [-0.25, -0.2) is 0 Å². The highest BCUT2D eigenvalue weighted by Gasteiger charge is 2.12. The molecule has 0 aromatic heterocycles. The molecule has 0 saturated carbocycles. The first-order chi connectivity index (χ1) is 7.54. The normalized spacial score (nSPS) is 11.6. The highest BCUT2D eigenvalue weighted by molar-refractivity contribution is 6.35. The first kappa shape index (κ1) is 12.9. The van der Waals surface area contributed by atoms with Gasteiger partial charge in [0.25, 0.3) is 5.91 Å². The standard InChI is InChI=1S/C12H11Cl2NO/c1-3-4-8(2)15-12(16)10-7-9(13)5-6-11(10)14/h1,5-8H,4H2,2H3,(H,15,16).